The molecule has 3 heteroatoms. The smallest absolute Gasteiger partial charge is 0.119 e. The van der Waals surface area contributed by atoms with Gasteiger partial charge in [-0.05, 0) is 75.2 Å². The molecule has 1 aromatic carbocycles. The molecule has 3 rings (SSSR count). The van der Waals surface area contributed by atoms with Crippen molar-refractivity contribution in [2.45, 2.75) is 50.7 Å². The molecule has 1 atom stereocenters. The maximum absolute atomic E-state index is 6.41. The minimum absolute atomic E-state index is 0.164. The largest absolute Gasteiger partial charge is 0.490 e. The van der Waals surface area contributed by atoms with Crippen LogP contribution in [-0.2, 0) is 0 Å². The molecule has 0 aromatic heterocycles. The molecule has 2 fully saturated rings. The predicted molar refractivity (Wildman–Crippen MR) is 81.8 cm³/mol. The molecule has 0 bridgehead atoms. The van der Waals surface area contributed by atoms with Crippen LogP contribution in [0.1, 0.15) is 50.1 Å². The molecule has 1 aromatic rings. The van der Waals surface area contributed by atoms with Gasteiger partial charge >= 0.3 is 0 Å². The first-order valence-electron chi connectivity index (χ1n) is 8.06. The zero-order chi connectivity index (χ0) is 13.8. The van der Waals surface area contributed by atoms with E-state index in [9.17, 15) is 0 Å². The predicted octanol–water partition coefficient (Wildman–Crippen LogP) is 3.01. The molecule has 1 saturated heterocycles. The standard InChI is InChI=1S/C17H26N2O/c18-17(14-9-11-19-12-10-14)13-5-7-16(8-6-13)20-15-3-1-2-4-15/h5-8,14-15,17,19H,1-4,9-12,18H2. The van der Waals surface area contributed by atoms with Crippen molar-refractivity contribution in [1.82, 2.24) is 5.32 Å². The van der Waals surface area contributed by atoms with Crippen molar-refractivity contribution in [1.29, 1.82) is 0 Å². The molecule has 1 aliphatic heterocycles. The van der Waals surface area contributed by atoms with Gasteiger partial charge in [0, 0.05) is 6.04 Å². The first-order chi connectivity index (χ1) is 9.83. The Morgan fingerprint density at radius 3 is 2.30 bits per heavy atom. The first kappa shape index (κ1) is 13.9. The summed E-state index contributed by atoms with van der Waals surface area (Å²) in [5.74, 6) is 1.61. The van der Waals surface area contributed by atoms with Crippen LogP contribution in [0.4, 0.5) is 0 Å². The fourth-order valence-corrected chi connectivity index (χ4v) is 3.44. The Morgan fingerprint density at radius 1 is 1.00 bits per heavy atom. The number of nitrogens with two attached hydrogens (primary N) is 1. The lowest BCUT2D eigenvalue weighted by atomic mass is 9.86. The third-order valence-electron chi connectivity index (χ3n) is 4.76. The van der Waals surface area contributed by atoms with E-state index >= 15 is 0 Å². The van der Waals surface area contributed by atoms with Crippen LogP contribution in [0.3, 0.4) is 0 Å². The summed E-state index contributed by atoms with van der Waals surface area (Å²) < 4.78 is 6.00. The third-order valence-corrected chi connectivity index (χ3v) is 4.76. The Kier molecular flexibility index (Phi) is 4.58. The van der Waals surface area contributed by atoms with Crippen molar-refractivity contribution < 1.29 is 4.74 Å². The van der Waals surface area contributed by atoms with E-state index in [0.29, 0.717) is 12.0 Å². The molecular weight excluding hydrogens is 248 g/mol. The van der Waals surface area contributed by atoms with Gasteiger partial charge in [0.1, 0.15) is 5.75 Å². The minimum Gasteiger partial charge on any atom is -0.490 e. The Labute approximate surface area is 121 Å². The maximum atomic E-state index is 6.41. The van der Waals surface area contributed by atoms with Crippen LogP contribution in [0.2, 0.25) is 0 Å². The lowest BCUT2D eigenvalue weighted by molar-refractivity contribution is 0.210. The summed E-state index contributed by atoms with van der Waals surface area (Å²) in [5.41, 5.74) is 7.66. The number of benzene rings is 1. The molecular formula is C17H26N2O. The van der Waals surface area contributed by atoms with Crippen molar-refractivity contribution in [3.8, 4) is 5.75 Å². The number of hydrogen-bond donors (Lipinski definition) is 2. The van der Waals surface area contributed by atoms with Gasteiger partial charge in [0.2, 0.25) is 0 Å². The maximum Gasteiger partial charge on any atom is 0.119 e. The van der Waals surface area contributed by atoms with Crippen LogP contribution < -0.4 is 15.8 Å². The highest BCUT2D eigenvalue weighted by molar-refractivity contribution is 5.29. The normalized spacial score (nSPS) is 22.9. The molecule has 1 heterocycles. The zero-order valence-corrected chi connectivity index (χ0v) is 12.2. The van der Waals surface area contributed by atoms with Gasteiger partial charge in [-0.15, -0.1) is 0 Å². The van der Waals surface area contributed by atoms with E-state index in [1.807, 2.05) is 0 Å². The molecule has 0 spiro atoms. The number of piperidine rings is 1. The summed E-state index contributed by atoms with van der Waals surface area (Å²) >= 11 is 0. The lowest BCUT2D eigenvalue weighted by Crippen LogP contribution is -2.33. The van der Waals surface area contributed by atoms with Gasteiger partial charge in [-0.25, -0.2) is 0 Å². The van der Waals surface area contributed by atoms with Gasteiger partial charge in [-0.1, -0.05) is 12.1 Å². The van der Waals surface area contributed by atoms with Crippen LogP contribution in [0.25, 0.3) is 0 Å². The van der Waals surface area contributed by atoms with E-state index in [1.165, 1.54) is 44.1 Å². The highest BCUT2D eigenvalue weighted by Gasteiger charge is 2.22. The highest BCUT2D eigenvalue weighted by atomic mass is 16.5. The minimum atomic E-state index is 0.164. The molecule has 0 radical (unpaired) electrons. The van der Waals surface area contributed by atoms with Crippen LogP contribution >= 0.6 is 0 Å². The molecule has 2 aliphatic rings. The van der Waals surface area contributed by atoms with Gasteiger partial charge in [0.05, 0.1) is 6.10 Å². The monoisotopic (exact) mass is 274 g/mol. The summed E-state index contributed by atoms with van der Waals surface area (Å²) in [6, 6.07) is 8.65. The van der Waals surface area contributed by atoms with Crippen molar-refractivity contribution in [2.24, 2.45) is 11.7 Å². The molecule has 20 heavy (non-hydrogen) atoms. The average Bonchev–Trinajstić information content (AvgIpc) is 3.01. The molecule has 1 aliphatic carbocycles. The zero-order valence-electron chi connectivity index (χ0n) is 12.2. The second-order valence-electron chi connectivity index (χ2n) is 6.21. The second kappa shape index (κ2) is 6.59. The van der Waals surface area contributed by atoms with Crippen LogP contribution in [0.15, 0.2) is 24.3 Å². The quantitative estimate of drug-likeness (QED) is 0.887. The van der Waals surface area contributed by atoms with E-state index < -0.39 is 0 Å². The SMILES string of the molecule is NC(c1ccc(OC2CCCC2)cc1)C1CCNCC1. The van der Waals surface area contributed by atoms with Crippen molar-refractivity contribution in [2.75, 3.05) is 13.1 Å². The lowest BCUT2D eigenvalue weighted by Gasteiger charge is -2.28. The topological polar surface area (TPSA) is 47.3 Å². The summed E-state index contributed by atoms with van der Waals surface area (Å²) in [6.07, 6.45) is 7.82. The summed E-state index contributed by atoms with van der Waals surface area (Å²) in [5, 5.41) is 3.39. The average molecular weight is 274 g/mol. The van der Waals surface area contributed by atoms with Gasteiger partial charge < -0.3 is 15.8 Å². The summed E-state index contributed by atoms with van der Waals surface area (Å²) in [7, 11) is 0. The van der Waals surface area contributed by atoms with Gasteiger partial charge in [-0.3, -0.25) is 0 Å². The summed E-state index contributed by atoms with van der Waals surface area (Å²) in [4.78, 5) is 0. The molecule has 110 valence electrons. The Morgan fingerprint density at radius 2 is 1.65 bits per heavy atom. The Hall–Kier alpha value is -1.06. The van der Waals surface area contributed by atoms with Crippen LogP contribution in [0.5, 0.6) is 5.75 Å². The van der Waals surface area contributed by atoms with Crippen molar-refractivity contribution in [3.05, 3.63) is 29.8 Å². The van der Waals surface area contributed by atoms with E-state index in [0.717, 1.165) is 18.8 Å². The molecule has 1 unspecified atom stereocenters. The Balaban J connectivity index is 1.59. The number of rotatable bonds is 4. The van der Waals surface area contributed by atoms with Crippen molar-refractivity contribution in [3.63, 3.8) is 0 Å². The second-order valence-corrected chi connectivity index (χ2v) is 6.21. The molecule has 1 saturated carbocycles. The fraction of sp³-hybridized carbons (Fsp3) is 0.647. The van der Waals surface area contributed by atoms with E-state index in [1.54, 1.807) is 0 Å². The molecule has 0 amide bonds. The highest BCUT2D eigenvalue weighted by Crippen LogP contribution is 2.29. The fourth-order valence-electron chi connectivity index (χ4n) is 3.44. The number of hydrogen-bond acceptors (Lipinski definition) is 3. The van der Waals surface area contributed by atoms with E-state index in [2.05, 4.69) is 29.6 Å². The van der Waals surface area contributed by atoms with E-state index in [-0.39, 0.29) is 6.04 Å². The van der Waals surface area contributed by atoms with Crippen molar-refractivity contribution >= 4 is 0 Å². The van der Waals surface area contributed by atoms with Crippen LogP contribution in [0, 0.1) is 5.92 Å². The molecule has 3 nitrogen and oxygen atoms in total. The van der Waals surface area contributed by atoms with Crippen LogP contribution in [-0.4, -0.2) is 19.2 Å². The number of nitrogens with one attached hydrogen (secondary N) is 1. The third kappa shape index (κ3) is 3.33. The Bertz CT molecular complexity index is 406. The van der Waals surface area contributed by atoms with Gasteiger partial charge in [0.15, 0.2) is 0 Å². The van der Waals surface area contributed by atoms with Gasteiger partial charge in [-0.2, -0.15) is 0 Å². The summed E-state index contributed by atoms with van der Waals surface area (Å²) in [6.45, 7) is 2.20. The number of ether oxygens (including phenoxy) is 1. The van der Waals surface area contributed by atoms with E-state index in [4.69, 9.17) is 10.5 Å². The first-order valence-corrected chi connectivity index (χ1v) is 8.06. The van der Waals surface area contributed by atoms with Gasteiger partial charge in [0.25, 0.3) is 0 Å². The molecule has 3 N–H and O–H groups in total.